The molecule has 1 N–H and O–H groups in total. The largest absolute Gasteiger partial charge is 0.464 e. The van der Waals surface area contributed by atoms with E-state index in [0.29, 0.717) is 13.0 Å². The van der Waals surface area contributed by atoms with Gasteiger partial charge in [0.15, 0.2) is 0 Å². The predicted molar refractivity (Wildman–Crippen MR) is 134 cm³/mol. The minimum absolute atomic E-state index is 0.127. The van der Waals surface area contributed by atoms with Gasteiger partial charge in [0.05, 0.1) is 6.61 Å². The van der Waals surface area contributed by atoms with Crippen molar-refractivity contribution < 1.29 is 19.1 Å². The van der Waals surface area contributed by atoms with Crippen LogP contribution in [0.5, 0.6) is 0 Å². The van der Waals surface area contributed by atoms with Crippen LogP contribution in [0, 0.1) is 0 Å². The first-order valence-electron chi connectivity index (χ1n) is 13.4. The van der Waals surface area contributed by atoms with Crippen LogP contribution in [0.4, 0.5) is 4.79 Å². The van der Waals surface area contributed by atoms with Gasteiger partial charge in [0, 0.05) is 0 Å². The molecule has 0 spiro atoms. The number of carbonyl (C=O) groups is 2. The number of esters is 1. The third-order valence-electron chi connectivity index (χ3n) is 5.75. The lowest BCUT2D eigenvalue weighted by Crippen LogP contribution is -2.42. The van der Waals surface area contributed by atoms with Crippen molar-refractivity contribution >= 4 is 12.1 Å². The van der Waals surface area contributed by atoms with E-state index in [4.69, 9.17) is 9.47 Å². The van der Waals surface area contributed by atoms with Gasteiger partial charge in [-0.3, -0.25) is 0 Å². The highest BCUT2D eigenvalue weighted by atomic mass is 16.6. The number of ether oxygens (including phenoxy) is 2. The molecule has 188 valence electrons. The molecule has 5 nitrogen and oxygen atoms in total. The van der Waals surface area contributed by atoms with E-state index in [1.54, 1.807) is 0 Å². The molecule has 0 aromatic carbocycles. The molecule has 0 aliphatic carbocycles. The SMILES string of the molecule is C=CCOC(=O)NC(CCCCCC)C(=O)OCCCCCCCCCCCCCCC. The highest BCUT2D eigenvalue weighted by Crippen LogP contribution is 2.13. The number of unbranched alkanes of at least 4 members (excludes halogenated alkanes) is 15. The minimum Gasteiger partial charge on any atom is -0.464 e. The van der Waals surface area contributed by atoms with Crippen LogP contribution in [-0.2, 0) is 14.3 Å². The van der Waals surface area contributed by atoms with E-state index < -0.39 is 12.1 Å². The van der Waals surface area contributed by atoms with Crippen molar-refractivity contribution in [3.05, 3.63) is 12.7 Å². The van der Waals surface area contributed by atoms with Gasteiger partial charge >= 0.3 is 12.1 Å². The quantitative estimate of drug-likeness (QED) is 0.0971. The number of rotatable bonds is 23. The van der Waals surface area contributed by atoms with E-state index in [1.165, 1.54) is 76.7 Å². The Morgan fingerprint density at radius 2 is 1.19 bits per heavy atom. The normalized spacial score (nSPS) is 11.7. The van der Waals surface area contributed by atoms with Gasteiger partial charge in [-0.1, -0.05) is 129 Å². The van der Waals surface area contributed by atoms with Gasteiger partial charge in [-0.05, 0) is 12.8 Å². The summed E-state index contributed by atoms with van der Waals surface area (Å²) in [7, 11) is 0. The van der Waals surface area contributed by atoms with Crippen LogP contribution >= 0.6 is 0 Å². The number of nitrogens with one attached hydrogen (secondary N) is 1. The van der Waals surface area contributed by atoms with Crippen LogP contribution in [-0.4, -0.2) is 31.3 Å². The fourth-order valence-electron chi connectivity index (χ4n) is 3.74. The molecule has 0 aliphatic rings. The van der Waals surface area contributed by atoms with E-state index in [0.717, 1.165) is 38.5 Å². The molecule has 0 saturated heterocycles. The molecule has 0 fully saturated rings. The van der Waals surface area contributed by atoms with Crippen LogP contribution in [0.1, 0.15) is 129 Å². The van der Waals surface area contributed by atoms with Crippen LogP contribution in [0.3, 0.4) is 0 Å². The molecule has 0 bridgehead atoms. The van der Waals surface area contributed by atoms with Crippen LogP contribution in [0.15, 0.2) is 12.7 Å². The molecule has 1 atom stereocenters. The van der Waals surface area contributed by atoms with Crippen molar-refractivity contribution in [1.82, 2.24) is 5.32 Å². The molecule has 32 heavy (non-hydrogen) atoms. The lowest BCUT2D eigenvalue weighted by Gasteiger charge is -2.17. The monoisotopic (exact) mass is 453 g/mol. The van der Waals surface area contributed by atoms with Crippen molar-refractivity contribution in [2.45, 2.75) is 135 Å². The molecule has 0 radical (unpaired) electrons. The second-order valence-corrected chi connectivity index (χ2v) is 8.84. The lowest BCUT2D eigenvalue weighted by molar-refractivity contribution is -0.146. The molecule has 0 rings (SSSR count). The second kappa shape index (κ2) is 24.1. The second-order valence-electron chi connectivity index (χ2n) is 8.84. The molecule has 0 heterocycles. The summed E-state index contributed by atoms with van der Waals surface area (Å²) in [6, 6.07) is -0.633. The Labute approximate surface area is 198 Å². The number of carbonyl (C=O) groups excluding carboxylic acids is 2. The van der Waals surface area contributed by atoms with E-state index >= 15 is 0 Å². The zero-order chi connectivity index (χ0) is 23.7. The average molecular weight is 454 g/mol. The Kier molecular flexibility index (Phi) is 23.0. The van der Waals surface area contributed by atoms with Gasteiger partial charge in [0.2, 0.25) is 0 Å². The van der Waals surface area contributed by atoms with E-state index in [-0.39, 0.29) is 12.6 Å². The van der Waals surface area contributed by atoms with Crippen LogP contribution < -0.4 is 5.32 Å². The molecule has 0 aliphatic heterocycles. The Morgan fingerprint density at radius 1 is 0.719 bits per heavy atom. The number of amides is 1. The first-order valence-corrected chi connectivity index (χ1v) is 13.4. The van der Waals surface area contributed by atoms with Gasteiger partial charge in [-0.25, -0.2) is 9.59 Å². The summed E-state index contributed by atoms with van der Waals surface area (Å²) in [6.07, 6.45) is 22.4. The summed E-state index contributed by atoms with van der Waals surface area (Å²) >= 11 is 0. The molecule has 0 aromatic rings. The molecule has 1 amide bonds. The zero-order valence-electron chi connectivity index (χ0n) is 21.1. The maximum Gasteiger partial charge on any atom is 0.408 e. The molecule has 0 aromatic heterocycles. The molecular formula is C27H51NO4. The Morgan fingerprint density at radius 3 is 1.69 bits per heavy atom. The van der Waals surface area contributed by atoms with E-state index in [2.05, 4.69) is 25.7 Å². The summed E-state index contributed by atoms with van der Waals surface area (Å²) in [4.78, 5) is 24.2. The third-order valence-corrected chi connectivity index (χ3v) is 5.75. The topological polar surface area (TPSA) is 64.6 Å². The Balaban J connectivity index is 3.82. The number of hydrogen-bond donors (Lipinski definition) is 1. The standard InChI is InChI=1S/C27H51NO4/c1-4-7-9-11-12-13-14-15-16-17-18-19-21-24-31-26(29)25(22-20-10-8-5-2)28-27(30)32-23-6-3/h6,25H,3-5,7-24H2,1-2H3,(H,28,30). The first kappa shape index (κ1) is 30.5. The van der Waals surface area contributed by atoms with Crippen LogP contribution in [0.25, 0.3) is 0 Å². The minimum atomic E-state index is -0.633. The van der Waals surface area contributed by atoms with Crippen molar-refractivity contribution in [3.8, 4) is 0 Å². The maximum atomic E-state index is 12.4. The molecule has 5 heteroatoms. The van der Waals surface area contributed by atoms with E-state index in [9.17, 15) is 9.59 Å². The summed E-state index contributed by atoms with van der Waals surface area (Å²) < 4.78 is 10.4. The van der Waals surface area contributed by atoms with Crippen molar-refractivity contribution in [2.24, 2.45) is 0 Å². The molecule has 1 unspecified atom stereocenters. The van der Waals surface area contributed by atoms with Gasteiger partial charge in [-0.2, -0.15) is 0 Å². The number of alkyl carbamates (subject to hydrolysis) is 1. The van der Waals surface area contributed by atoms with Gasteiger partial charge < -0.3 is 14.8 Å². The summed E-state index contributed by atoms with van der Waals surface area (Å²) in [5.74, 6) is -0.351. The highest BCUT2D eigenvalue weighted by Gasteiger charge is 2.22. The van der Waals surface area contributed by atoms with Gasteiger partial charge in [0.1, 0.15) is 12.6 Å². The first-order chi connectivity index (χ1) is 15.7. The van der Waals surface area contributed by atoms with Gasteiger partial charge in [0.25, 0.3) is 0 Å². The number of hydrogen-bond acceptors (Lipinski definition) is 4. The maximum absolute atomic E-state index is 12.4. The molecular weight excluding hydrogens is 402 g/mol. The van der Waals surface area contributed by atoms with Crippen molar-refractivity contribution in [2.75, 3.05) is 13.2 Å². The van der Waals surface area contributed by atoms with Crippen molar-refractivity contribution in [1.29, 1.82) is 0 Å². The smallest absolute Gasteiger partial charge is 0.408 e. The fourth-order valence-corrected chi connectivity index (χ4v) is 3.74. The Hall–Kier alpha value is -1.52. The average Bonchev–Trinajstić information content (AvgIpc) is 2.79. The van der Waals surface area contributed by atoms with Crippen LogP contribution in [0.2, 0.25) is 0 Å². The highest BCUT2D eigenvalue weighted by molar-refractivity contribution is 5.81. The summed E-state index contributed by atoms with van der Waals surface area (Å²) in [5, 5.41) is 2.64. The zero-order valence-corrected chi connectivity index (χ0v) is 21.1. The third kappa shape index (κ3) is 20.4. The van der Waals surface area contributed by atoms with E-state index in [1.807, 2.05) is 0 Å². The summed E-state index contributed by atoms with van der Waals surface area (Å²) in [6.45, 7) is 8.48. The van der Waals surface area contributed by atoms with Gasteiger partial charge in [-0.15, -0.1) is 0 Å². The Bertz CT molecular complexity index is 453. The predicted octanol–water partition coefficient (Wildman–Crippen LogP) is 7.87. The molecule has 0 saturated carbocycles. The summed E-state index contributed by atoms with van der Waals surface area (Å²) in [5.41, 5.74) is 0. The van der Waals surface area contributed by atoms with Crippen molar-refractivity contribution in [3.63, 3.8) is 0 Å². The lowest BCUT2D eigenvalue weighted by atomic mass is 10.0. The fraction of sp³-hybridized carbons (Fsp3) is 0.852.